The van der Waals surface area contributed by atoms with E-state index >= 15 is 0 Å². The molecular weight excluding hydrogens is 232 g/mol. The lowest BCUT2D eigenvalue weighted by molar-refractivity contribution is 0.240. The normalized spacial score (nSPS) is 21.6. The zero-order chi connectivity index (χ0) is 13.7. The van der Waals surface area contributed by atoms with E-state index in [2.05, 4.69) is 55.5 Å². The minimum absolute atomic E-state index is 0.529. The maximum Gasteiger partial charge on any atom is 0.0356 e. The zero-order valence-electron chi connectivity index (χ0n) is 12.7. The van der Waals surface area contributed by atoms with E-state index in [4.69, 9.17) is 0 Å². The maximum atomic E-state index is 3.67. The number of benzene rings is 1. The van der Waals surface area contributed by atoms with Crippen LogP contribution in [0.3, 0.4) is 0 Å². The van der Waals surface area contributed by atoms with Crippen LogP contribution in [0.1, 0.15) is 49.8 Å². The summed E-state index contributed by atoms with van der Waals surface area (Å²) in [5.74, 6) is 0. The highest BCUT2D eigenvalue weighted by molar-refractivity contribution is 5.25. The van der Waals surface area contributed by atoms with E-state index < -0.39 is 0 Å². The Kier molecular flexibility index (Phi) is 5.41. The van der Waals surface area contributed by atoms with E-state index in [9.17, 15) is 0 Å². The lowest BCUT2D eigenvalue weighted by Crippen LogP contribution is -2.37. The van der Waals surface area contributed by atoms with E-state index in [1.165, 1.54) is 43.4 Å². The Balaban J connectivity index is 2.05. The van der Waals surface area contributed by atoms with Gasteiger partial charge in [0, 0.05) is 12.1 Å². The molecule has 0 spiro atoms. The van der Waals surface area contributed by atoms with Crippen molar-refractivity contribution in [2.24, 2.45) is 0 Å². The summed E-state index contributed by atoms with van der Waals surface area (Å²) >= 11 is 0. The van der Waals surface area contributed by atoms with Gasteiger partial charge >= 0.3 is 0 Å². The highest BCUT2D eigenvalue weighted by Gasteiger charge is 2.21. The fourth-order valence-electron chi connectivity index (χ4n) is 3.02. The lowest BCUT2D eigenvalue weighted by Gasteiger charge is -2.31. The smallest absolute Gasteiger partial charge is 0.0356 e. The highest BCUT2D eigenvalue weighted by Crippen LogP contribution is 2.26. The van der Waals surface area contributed by atoms with E-state index in [-0.39, 0.29) is 0 Å². The molecular formula is C17H28N2. The Morgan fingerprint density at radius 2 is 1.95 bits per heavy atom. The van der Waals surface area contributed by atoms with Crippen LogP contribution in [0, 0.1) is 0 Å². The van der Waals surface area contributed by atoms with Crippen LogP contribution in [0.15, 0.2) is 24.3 Å². The number of piperidine rings is 1. The van der Waals surface area contributed by atoms with Gasteiger partial charge in [-0.3, -0.25) is 0 Å². The third kappa shape index (κ3) is 4.05. The number of aryl methyl sites for hydroxylation is 1. The molecule has 0 radical (unpaired) electrons. The van der Waals surface area contributed by atoms with Gasteiger partial charge in [-0.15, -0.1) is 0 Å². The fraction of sp³-hybridized carbons (Fsp3) is 0.647. The summed E-state index contributed by atoms with van der Waals surface area (Å²) in [6, 6.07) is 10.4. The van der Waals surface area contributed by atoms with Gasteiger partial charge in [0.25, 0.3) is 0 Å². The van der Waals surface area contributed by atoms with E-state index in [1.807, 2.05) is 0 Å². The van der Waals surface area contributed by atoms with Crippen LogP contribution in [-0.2, 0) is 6.42 Å². The van der Waals surface area contributed by atoms with Crippen LogP contribution in [-0.4, -0.2) is 31.6 Å². The molecule has 1 fully saturated rings. The molecule has 0 bridgehead atoms. The lowest BCUT2D eigenvalue weighted by atomic mass is 9.93. The van der Waals surface area contributed by atoms with Crippen molar-refractivity contribution in [1.29, 1.82) is 0 Å². The third-order valence-corrected chi connectivity index (χ3v) is 4.32. The monoisotopic (exact) mass is 260 g/mol. The van der Waals surface area contributed by atoms with Crippen molar-refractivity contribution in [3.8, 4) is 0 Å². The summed E-state index contributed by atoms with van der Waals surface area (Å²) in [6.07, 6.45) is 6.40. The summed E-state index contributed by atoms with van der Waals surface area (Å²) < 4.78 is 0. The van der Waals surface area contributed by atoms with Crippen molar-refractivity contribution < 1.29 is 0 Å². The van der Waals surface area contributed by atoms with Crippen molar-refractivity contribution in [2.45, 2.75) is 51.1 Å². The first-order chi connectivity index (χ1) is 9.20. The van der Waals surface area contributed by atoms with Gasteiger partial charge in [0.05, 0.1) is 0 Å². The molecule has 1 N–H and O–H groups in total. The molecule has 0 amide bonds. The van der Waals surface area contributed by atoms with Crippen LogP contribution < -0.4 is 5.32 Å². The molecule has 1 saturated heterocycles. The van der Waals surface area contributed by atoms with Crippen LogP contribution in [0.25, 0.3) is 0 Å². The Morgan fingerprint density at radius 3 is 2.47 bits per heavy atom. The molecule has 1 aromatic rings. The Morgan fingerprint density at radius 1 is 1.21 bits per heavy atom. The Labute approximate surface area is 118 Å². The molecule has 2 rings (SSSR count). The van der Waals surface area contributed by atoms with Gasteiger partial charge < -0.3 is 10.2 Å². The second-order valence-electron chi connectivity index (χ2n) is 5.96. The van der Waals surface area contributed by atoms with Gasteiger partial charge in [-0.2, -0.15) is 0 Å². The zero-order valence-corrected chi connectivity index (χ0v) is 12.7. The molecule has 19 heavy (non-hydrogen) atoms. The fourth-order valence-corrected chi connectivity index (χ4v) is 3.02. The number of nitrogens with one attached hydrogen (secondary N) is 1. The van der Waals surface area contributed by atoms with E-state index in [1.54, 1.807) is 0 Å². The first-order valence-electron chi connectivity index (χ1n) is 7.69. The predicted molar refractivity (Wildman–Crippen MR) is 82.5 cm³/mol. The predicted octanol–water partition coefficient (Wildman–Crippen LogP) is 3.38. The summed E-state index contributed by atoms with van der Waals surface area (Å²) in [7, 11) is 4.39. The van der Waals surface area contributed by atoms with Crippen molar-refractivity contribution in [3.63, 3.8) is 0 Å². The van der Waals surface area contributed by atoms with Gasteiger partial charge in [-0.1, -0.05) is 37.6 Å². The SMILES string of the molecule is CCc1ccc(C(CC2CCCCN2)N(C)C)cc1. The summed E-state index contributed by atoms with van der Waals surface area (Å²) in [6.45, 7) is 3.41. The van der Waals surface area contributed by atoms with Gasteiger partial charge in [0.2, 0.25) is 0 Å². The largest absolute Gasteiger partial charge is 0.314 e. The summed E-state index contributed by atoms with van der Waals surface area (Å²) in [5.41, 5.74) is 2.88. The van der Waals surface area contributed by atoms with Crippen molar-refractivity contribution in [1.82, 2.24) is 10.2 Å². The van der Waals surface area contributed by atoms with Crippen molar-refractivity contribution in [3.05, 3.63) is 35.4 Å². The molecule has 1 aromatic carbocycles. The Hall–Kier alpha value is -0.860. The molecule has 1 aliphatic heterocycles. The second-order valence-corrected chi connectivity index (χ2v) is 5.96. The standard InChI is InChI=1S/C17H28N2/c1-4-14-8-10-15(11-9-14)17(19(2)3)13-16-7-5-6-12-18-16/h8-11,16-18H,4-7,12-13H2,1-3H3. The molecule has 2 atom stereocenters. The van der Waals surface area contributed by atoms with E-state index in [0.717, 1.165) is 6.42 Å². The minimum Gasteiger partial charge on any atom is -0.314 e. The van der Waals surface area contributed by atoms with Crippen LogP contribution in [0.5, 0.6) is 0 Å². The number of hydrogen-bond donors (Lipinski definition) is 1. The summed E-state index contributed by atoms with van der Waals surface area (Å²) in [5, 5.41) is 3.67. The van der Waals surface area contributed by atoms with Crippen molar-refractivity contribution >= 4 is 0 Å². The number of rotatable bonds is 5. The number of nitrogens with zero attached hydrogens (tertiary/aromatic N) is 1. The van der Waals surface area contributed by atoms with Gasteiger partial charge in [-0.25, -0.2) is 0 Å². The molecule has 0 aromatic heterocycles. The quantitative estimate of drug-likeness (QED) is 0.873. The topological polar surface area (TPSA) is 15.3 Å². The van der Waals surface area contributed by atoms with Crippen LogP contribution in [0.4, 0.5) is 0 Å². The molecule has 2 unspecified atom stereocenters. The van der Waals surface area contributed by atoms with Crippen molar-refractivity contribution in [2.75, 3.05) is 20.6 Å². The molecule has 1 heterocycles. The van der Waals surface area contributed by atoms with Crippen LogP contribution >= 0.6 is 0 Å². The highest BCUT2D eigenvalue weighted by atomic mass is 15.1. The molecule has 2 nitrogen and oxygen atoms in total. The Bertz CT molecular complexity index is 363. The second kappa shape index (κ2) is 7.06. The summed E-state index contributed by atoms with van der Waals surface area (Å²) in [4.78, 5) is 2.36. The average molecular weight is 260 g/mol. The average Bonchev–Trinajstić information content (AvgIpc) is 2.46. The van der Waals surface area contributed by atoms with Gasteiger partial charge in [0.15, 0.2) is 0 Å². The first-order valence-corrected chi connectivity index (χ1v) is 7.69. The molecule has 106 valence electrons. The van der Waals surface area contributed by atoms with Crippen LogP contribution in [0.2, 0.25) is 0 Å². The maximum absolute atomic E-state index is 3.67. The van der Waals surface area contributed by atoms with Gasteiger partial charge in [-0.05, 0) is 57.5 Å². The van der Waals surface area contributed by atoms with Gasteiger partial charge in [0.1, 0.15) is 0 Å². The molecule has 0 aliphatic carbocycles. The molecule has 0 saturated carbocycles. The molecule has 2 heteroatoms. The molecule has 1 aliphatic rings. The first kappa shape index (κ1) is 14.5. The minimum atomic E-state index is 0.529. The third-order valence-electron chi connectivity index (χ3n) is 4.32. The van der Waals surface area contributed by atoms with E-state index in [0.29, 0.717) is 12.1 Å². The number of hydrogen-bond acceptors (Lipinski definition) is 2.